The van der Waals surface area contributed by atoms with E-state index in [1.807, 2.05) is 53.4 Å². The highest BCUT2D eigenvalue weighted by molar-refractivity contribution is 5.80. The first kappa shape index (κ1) is 19.9. The molecule has 1 aliphatic heterocycles. The number of urea groups is 1. The third-order valence-corrected chi connectivity index (χ3v) is 5.62. The molecule has 0 bridgehead atoms. The van der Waals surface area contributed by atoms with Gasteiger partial charge in [-0.3, -0.25) is 0 Å². The molecule has 164 valence electrons. The second-order valence-electron chi connectivity index (χ2n) is 7.64. The molecule has 1 saturated heterocycles. The number of aromatic amines is 1. The molecule has 2 N–H and O–H groups in total. The van der Waals surface area contributed by atoms with Crippen LogP contribution in [0.1, 0.15) is 5.69 Å². The van der Waals surface area contributed by atoms with E-state index in [0.29, 0.717) is 44.6 Å². The molecule has 9 nitrogen and oxygen atoms in total. The maximum Gasteiger partial charge on any atom is 0.324 e. The molecule has 2 aromatic carbocycles. The molecule has 9 heteroatoms. The van der Waals surface area contributed by atoms with E-state index in [4.69, 9.17) is 9.26 Å². The zero-order chi connectivity index (χ0) is 21.9. The second kappa shape index (κ2) is 8.62. The van der Waals surface area contributed by atoms with E-state index in [0.717, 1.165) is 27.9 Å². The Bertz CT molecular complexity index is 1170. The molecule has 4 aromatic rings. The Morgan fingerprint density at radius 1 is 1.12 bits per heavy atom. The number of carbonyl (C=O) groups excluding carboxylic acids is 1. The largest absolute Gasteiger partial charge is 0.497 e. The summed E-state index contributed by atoms with van der Waals surface area (Å²) in [5, 5.41) is 8.22. The summed E-state index contributed by atoms with van der Waals surface area (Å²) < 4.78 is 10.6. The number of rotatable bonds is 5. The fourth-order valence-electron chi connectivity index (χ4n) is 3.81. The van der Waals surface area contributed by atoms with E-state index in [2.05, 4.69) is 26.5 Å². The number of nitrogens with one attached hydrogen (secondary N) is 2. The van der Waals surface area contributed by atoms with Crippen molar-refractivity contribution in [2.75, 3.05) is 38.2 Å². The van der Waals surface area contributed by atoms with E-state index in [-0.39, 0.29) is 6.03 Å². The van der Waals surface area contributed by atoms with Crippen molar-refractivity contribution in [2.24, 2.45) is 0 Å². The third-order valence-electron chi connectivity index (χ3n) is 5.62. The highest BCUT2D eigenvalue weighted by Gasteiger charge is 2.24. The molecule has 1 aliphatic rings. The van der Waals surface area contributed by atoms with Gasteiger partial charge in [-0.2, -0.15) is 4.98 Å². The normalized spacial score (nSPS) is 14.0. The SMILES string of the molecule is COc1ccc(-c2noc(N3CCN(C(=O)NCc4cc5ccccc5[nH]4)CC3)n2)cc1. The molecular formula is C23H24N6O3. The summed E-state index contributed by atoms with van der Waals surface area (Å²) in [5.74, 6) is 1.30. The number of benzene rings is 2. The Hall–Kier alpha value is -4.01. The van der Waals surface area contributed by atoms with E-state index >= 15 is 0 Å². The number of ether oxygens (including phenoxy) is 1. The first-order chi connectivity index (χ1) is 15.7. The van der Waals surface area contributed by atoms with Crippen LogP contribution < -0.4 is 15.0 Å². The number of fused-ring (bicyclic) bond motifs is 1. The lowest BCUT2D eigenvalue weighted by molar-refractivity contribution is 0.192. The van der Waals surface area contributed by atoms with Crippen LogP contribution in [-0.4, -0.2) is 59.3 Å². The van der Waals surface area contributed by atoms with Gasteiger partial charge < -0.3 is 29.4 Å². The Kier molecular flexibility index (Phi) is 5.37. The summed E-state index contributed by atoms with van der Waals surface area (Å²) in [6.07, 6.45) is 0. The van der Waals surface area contributed by atoms with Crippen LogP contribution in [0.3, 0.4) is 0 Å². The van der Waals surface area contributed by atoms with Crippen molar-refractivity contribution in [2.45, 2.75) is 6.54 Å². The van der Waals surface area contributed by atoms with Crippen molar-refractivity contribution in [3.63, 3.8) is 0 Å². The maximum atomic E-state index is 12.6. The number of nitrogens with zero attached hydrogens (tertiary/aromatic N) is 4. The molecule has 5 rings (SSSR count). The lowest BCUT2D eigenvalue weighted by Crippen LogP contribution is -2.51. The predicted molar refractivity (Wildman–Crippen MR) is 121 cm³/mol. The fourth-order valence-corrected chi connectivity index (χ4v) is 3.81. The van der Waals surface area contributed by atoms with Gasteiger partial charge in [0.1, 0.15) is 5.75 Å². The van der Waals surface area contributed by atoms with Gasteiger partial charge in [0.05, 0.1) is 13.7 Å². The highest BCUT2D eigenvalue weighted by Crippen LogP contribution is 2.23. The maximum absolute atomic E-state index is 12.6. The Balaban J connectivity index is 1.14. The lowest BCUT2D eigenvalue weighted by Gasteiger charge is -2.33. The molecule has 2 amide bonds. The molecule has 0 spiro atoms. The minimum Gasteiger partial charge on any atom is -0.497 e. The van der Waals surface area contributed by atoms with Gasteiger partial charge in [0, 0.05) is 43.0 Å². The van der Waals surface area contributed by atoms with Crippen molar-refractivity contribution in [1.29, 1.82) is 0 Å². The molecule has 1 fully saturated rings. The molecule has 0 aliphatic carbocycles. The Labute approximate surface area is 185 Å². The summed E-state index contributed by atoms with van der Waals surface area (Å²) in [6, 6.07) is 18.0. The number of piperazine rings is 1. The zero-order valence-corrected chi connectivity index (χ0v) is 17.7. The van der Waals surface area contributed by atoms with Gasteiger partial charge in [-0.25, -0.2) is 4.79 Å². The second-order valence-corrected chi connectivity index (χ2v) is 7.64. The average Bonchev–Trinajstić information content (AvgIpc) is 3.50. The van der Waals surface area contributed by atoms with Crippen LogP contribution in [0.4, 0.5) is 10.8 Å². The number of hydrogen-bond acceptors (Lipinski definition) is 6. The molecule has 0 unspecified atom stereocenters. The number of para-hydroxylation sites is 1. The molecule has 3 heterocycles. The number of hydrogen-bond donors (Lipinski definition) is 2. The first-order valence-electron chi connectivity index (χ1n) is 10.5. The summed E-state index contributed by atoms with van der Waals surface area (Å²) in [6.45, 7) is 2.88. The summed E-state index contributed by atoms with van der Waals surface area (Å²) in [5.41, 5.74) is 2.91. The van der Waals surface area contributed by atoms with E-state index < -0.39 is 0 Å². The minimum absolute atomic E-state index is 0.0762. The van der Waals surface area contributed by atoms with Gasteiger partial charge in [0.25, 0.3) is 0 Å². The van der Waals surface area contributed by atoms with Crippen molar-refractivity contribution >= 4 is 22.9 Å². The smallest absolute Gasteiger partial charge is 0.324 e. The number of anilines is 1. The van der Waals surface area contributed by atoms with Crippen LogP contribution in [0.15, 0.2) is 59.1 Å². The highest BCUT2D eigenvalue weighted by atomic mass is 16.5. The number of aromatic nitrogens is 3. The van der Waals surface area contributed by atoms with Gasteiger partial charge in [0.15, 0.2) is 0 Å². The molecule has 2 aromatic heterocycles. The fraction of sp³-hybridized carbons (Fsp3) is 0.261. The van der Waals surface area contributed by atoms with Gasteiger partial charge in [-0.1, -0.05) is 23.4 Å². The first-order valence-corrected chi connectivity index (χ1v) is 10.5. The molecule has 0 radical (unpaired) electrons. The van der Waals surface area contributed by atoms with Gasteiger partial charge in [-0.05, 0) is 41.8 Å². The molecular weight excluding hydrogens is 408 g/mol. The van der Waals surface area contributed by atoms with E-state index in [9.17, 15) is 4.79 Å². The molecule has 32 heavy (non-hydrogen) atoms. The topological polar surface area (TPSA) is 99.5 Å². The van der Waals surface area contributed by atoms with Crippen LogP contribution in [0, 0.1) is 0 Å². The van der Waals surface area contributed by atoms with Crippen LogP contribution in [0.25, 0.3) is 22.3 Å². The number of methoxy groups -OCH3 is 1. The van der Waals surface area contributed by atoms with Crippen molar-refractivity contribution in [3.8, 4) is 17.1 Å². The lowest BCUT2D eigenvalue weighted by atomic mass is 10.2. The van der Waals surface area contributed by atoms with Crippen LogP contribution in [-0.2, 0) is 6.54 Å². The zero-order valence-electron chi connectivity index (χ0n) is 17.7. The molecule has 0 atom stereocenters. The van der Waals surface area contributed by atoms with Crippen molar-refractivity contribution in [1.82, 2.24) is 25.3 Å². The third kappa shape index (κ3) is 4.09. The Morgan fingerprint density at radius 3 is 2.66 bits per heavy atom. The van der Waals surface area contributed by atoms with Crippen LogP contribution in [0.5, 0.6) is 5.75 Å². The minimum atomic E-state index is -0.0762. The van der Waals surface area contributed by atoms with Gasteiger partial charge in [0.2, 0.25) is 5.82 Å². The monoisotopic (exact) mass is 432 g/mol. The molecule has 0 saturated carbocycles. The van der Waals surface area contributed by atoms with Crippen molar-refractivity contribution in [3.05, 3.63) is 60.3 Å². The Morgan fingerprint density at radius 2 is 1.91 bits per heavy atom. The summed E-state index contributed by atoms with van der Waals surface area (Å²) in [7, 11) is 1.63. The predicted octanol–water partition coefficient (Wildman–Crippen LogP) is 3.26. The van der Waals surface area contributed by atoms with Crippen LogP contribution in [0.2, 0.25) is 0 Å². The number of H-pyrrole nitrogens is 1. The van der Waals surface area contributed by atoms with Crippen LogP contribution >= 0.6 is 0 Å². The summed E-state index contributed by atoms with van der Waals surface area (Å²) in [4.78, 5) is 24.2. The van der Waals surface area contributed by atoms with E-state index in [1.54, 1.807) is 12.0 Å². The average molecular weight is 432 g/mol. The number of amides is 2. The quantitative estimate of drug-likeness (QED) is 0.502. The number of carbonyl (C=O) groups is 1. The van der Waals surface area contributed by atoms with E-state index in [1.165, 1.54) is 0 Å². The van der Waals surface area contributed by atoms with Crippen molar-refractivity contribution < 1.29 is 14.1 Å². The van der Waals surface area contributed by atoms with Gasteiger partial charge in [-0.15, -0.1) is 0 Å². The summed E-state index contributed by atoms with van der Waals surface area (Å²) >= 11 is 0. The standard InChI is InChI=1S/C23H24N6O3/c1-31-19-8-6-16(7-9-19)21-26-23(32-27-21)29-12-10-28(11-13-29)22(30)24-15-18-14-17-4-2-3-5-20(17)25-18/h2-9,14,25H,10-13,15H2,1H3,(H,24,30). The van der Waals surface area contributed by atoms with Gasteiger partial charge >= 0.3 is 12.0 Å².